The van der Waals surface area contributed by atoms with Crippen molar-refractivity contribution < 1.29 is 9.90 Å². The molecule has 1 aromatic rings. The molecule has 0 radical (unpaired) electrons. The Kier molecular flexibility index (Phi) is 3.93. The molecular weight excluding hydrogens is 223 g/mol. The number of hydrogen-bond donors (Lipinski definition) is 1. The van der Waals surface area contributed by atoms with Gasteiger partial charge in [-0.05, 0) is 30.2 Å². The molecule has 0 heterocycles. The van der Waals surface area contributed by atoms with Crippen LogP contribution in [0.25, 0.3) is 0 Å². The summed E-state index contributed by atoms with van der Waals surface area (Å²) in [6, 6.07) is 4.91. The van der Waals surface area contributed by atoms with Gasteiger partial charge in [-0.2, -0.15) is 0 Å². The molecule has 2 nitrogen and oxygen atoms in total. The molecule has 0 aliphatic heterocycles. The maximum atomic E-state index is 11.1. The van der Waals surface area contributed by atoms with E-state index >= 15 is 0 Å². The van der Waals surface area contributed by atoms with E-state index in [-0.39, 0.29) is 12.4 Å². The van der Waals surface area contributed by atoms with E-state index in [0.29, 0.717) is 16.1 Å². The maximum absolute atomic E-state index is 11.1. The fourth-order valence-electron chi connectivity index (χ4n) is 1.18. The summed E-state index contributed by atoms with van der Waals surface area (Å²) in [4.78, 5) is 11.1. The molecule has 14 heavy (non-hydrogen) atoms. The van der Waals surface area contributed by atoms with E-state index in [4.69, 9.17) is 28.3 Å². The van der Waals surface area contributed by atoms with Gasteiger partial charge in [0.05, 0.1) is 6.61 Å². The summed E-state index contributed by atoms with van der Waals surface area (Å²) in [6.07, 6.45) is 0. The number of Topliss-reactive ketones (excluding diaryl/α,β-unsaturated/α-hetero) is 1. The van der Waals surface area contributed by atoms with Crippen LogP contribution in [0.2, 0.25) is 5.02 Å². The Labute approximate surface area is 92.5 Å². The number of alkyl halides is 1. The number of aliphatic hydroxyl groups is 1. The normalized spacial score (nSPS) is 12.6. The monoisotopic (exact) mass is 232 g/mol. The summed E-state index contributed by atoms with van der Waals surface area (Å²) in [5.74, 6) is -0.149. The lowest BCUT2D eigenvalue weighted by Crippen LogP contribution is -2.05. The van der Waals surface area contributed by atoms with Gasteiger partial charge in [0, 0.05) is 5.02 Å². The van der Waals surface area contributed by atoms with Crippen molar-refractivity contribution in [3.05, 3.63) is 34.3 Å². The van der Waals surface area contributed by atoms with Crippen molar-refractivity contribution in [2.24, 2.45) is 0 Å². The maximum Gasteiger partial charge on any atom is 0.152 e. The summed E-state index contributed by atoms with van der Waals surface area (Å²) in [5, 5.41) is 8.85. The van der Waals surface area contributed by atoms with E-state index in [0.717, 1.165) is 0 Å². The molecule has 0 saturated carbocycles. The first-order chi connectivity index (χ1) is 6.56. The lowest BCUT2D eigenvalue weighted by atomic mass is 10.0. The Balaban J connectivity index is 3.13. The highest BCUT2D eigenvalue weighted by Crippen LogP contribution is 2.27. The zero-order valence-electron chi connectivity index (χ0n) is 7.63. The average molecular weight is 233 g/mol. The molecule has 4 heteroatoms. The standard InChI is InChI=1S/C10H10Cl2O2/c1-6(14)10(12)9-3-2-8(11)4-7(9)5-13/h2-4,10,13H,5H2,1H3. The van der Waals surface area contributed by atoms with Gasteiger partial charge in [0.25, 0.3) is 0 Å². The van der Waals surface area contributed by atoms with Crippen molar-refractivity contribution in [3.63, 3.8) is 0 Å². The molecule has 76 valence electrons. The van der Waals surface area contributed by atoms with E-state index in [1.807, 2.05) is 0 Å². The molecular formula is C10H10Cl2O2. The first-order valence-corrected chi connectivity index (χ1v) is 4.91. The predicted octanol–water partition coefficient (Wildman–Crippen LogP) is 2.70. The molecule has 1 rings (SSSR count). The summed E-state index contributed by atoms with van der Waals surface area (Å²) in [5.41, 5.74) is 1.21. The molecule has 1 aromatic carbocycles. The Morgan fingerprint density at radius 2 is 2.21 bits per heavy atom. The lowest BCUT2D eigenvalue weighted by Gasteiger charge is -2.10. The number of halogens is 2. The summed E-state index contributed by atoms with van der Waals surface area (Å²) >= 11 is 11.6. The second-order valence-electron chi connectivity index (χ2n) is 2.97. The van der Waals surface area contributed by atoms with Crippen LogP contribution in [0.1, 0.15) is 23.4 Å². The van der Waals surface area contributed by atoms with Crippen LogP contribution in [-0.4, -0.2) is 10.9 Å². The van der Waals surface area contributed by atoms with Crippen molar-refractivity contribution in [2.75, 3.05) is 0 Å². The quantitative estimate of drug-likeness (QED) is 0.815. The number of rotatable bonds is 3. The second-order valence-corrected chi connectivity index (χ2v) is 3.85. The van der Waals surface area contributed by atoms with E-state index in [1.54, 1.807) is 18.2 Å². The molecule has 0 aromatic heterocycles. The highest BCUT2D eigenvalue weighted by atomic mass is 35.5. The second kappa shape index (κ2) is 4.78. The van der Waals surface area contributed by atoms with E-state index in [9.17, 15) is 4.79 Å². The molecule has 0 saturated heterocycles. The largest absolute Gasteiger partial charge is 0.392 e. The first-order valence-electron chi connectivity index (χ1n) is 4.10. The van der Waals surface area contributed by atoms with E-state index < -0.39 is 5.38 Å². The minimum absolute atomic E-state index is 0.149. The molecule has 0 aliphatic carbocycles. The number of carbonyl (C=O) groups is 1. The zero-order valence-corrected chi connectivity index (χ0v) is 9.14. The van der Waals surface area contributed by atoms with Gasteiger partial charge in [0.1, 0.15) is 5.38 Å². The van der Waals surface area contributed by atoms with Crippen molar-refractivity contribution in [1.82, 2.24) is 0 Å². The van der Waals surface area contributed by atoms with Gasteiger partial charge in [0.2, 0.25) is 0 Å². The lowest BCUT2D eigenvalue weighted by molar-refractivity contribution is -0.116. The van der Waals surface area contributed by atoms with Gasteiger partial charge in [-0.1, -0.05) is 17.7 Å². The van der Waals surface area contributed by atoms with Gasteiger partial charge in [-0.15, -0.1) is 11.6 Å². The zero-order chi connectivity index (χ0) is 10.7. The number of carbonyl (C=O) groups excluding carboxylic acids is 1. The van der Waals surface area contributed by atoms with Gasteiger partial charge in [-0.3, -0.25) is 4.79 Å². The van der Waals surface area contributed by atoms with Crippen molar-refractivity contribution in [3.8, 4) is 0 Å². The van der Waals surface area contributed by atoms with Crippen LogP contribution in [-0.2, 0) is 11.4 Å². The summed E-state index contributed by atoms with van der Waals surface area (Å²) in [6.45, 7) is 1.24. The van der Waals surface area contributed by atoms with Gasteiger partial charge < -0.3 is 5.11 Å². The predicted molar refractivity (Wildman–Crippen MR) is 56.6 cm³/mol. The Morgan fingerprint density at radius 3 is 2.71 bits per heavy atom. The third-order valence-corrected chi connectivity index (χ3v) is 2.68. The van der Waals surface area contributed by atoms with Gasteiger partial charge in [-0.25, -0.2) is 0 Å². The van der Waals surface area contributed by atoms with Crippen molar-refractivity contribution >= 4 is 29.0 Å². The van der Waals surface area contributed by atoms with Crippen LogP contribution in [0.4, 0.5) is 0 Å². The summed E-state index contributed by atoms with van der Waals surface area (Å²) < 4.78 is 0. The molecule has 0 spiro atoms. The highest BCUT2D eigenvalue weighted by molar-refractivity contribution is 6.32. The van der Waals surface area contributed by atoms with Gasteiger partial charge in [0.15, 0.2) is 5.78 Å². The molecule has 1 unspecified atom stereocenters. The SMILES string of the molecule is CC(=O)C(Cl)c1ccc(Cl)cc1CO. The fraction of sp³-hybridized carbons (Fsp3) is 0.300. The Morgan fingerprint density at radius 1 is 1.57 bits per heavy atom. The van der Waals surface area contributed by atoms with Gasteiger partial charge >= 0.3 is 0 Å². The topological polar surface area (TPSA) is 37.3 Å². The van der Waals surface area contributed by atoms with Crippen LogP contribution >= 0.6 is 23.2 Å². The average Bonchev–Trinajstić information content (AvgIpc) is 2.16. The Bertz CT molecular complexity index is 350. The Hall–Kier alpha value is -0.570. The van der Waals surface area contributed by atoms with Crippen LogP contribution in [0.3, 0.4) is 0 Å². The third kappa shape index (κ3) is 2.47. The third-order valence-electron chi connectivity index (χ3n) is 1.91. The van der Waals surface area contributed by atoms with Crippen molar-refractivity contribution in [1.29, 1.82) is 0 Å². The van der Waals surface area contributed by atoms with Crippen LogP contribution in [0.15, 0.2) is 18.2 Å². The molecule has 1 N–H and O–H groups in total. The van der Waals surface area contributed by atoms with E-state index in [2.05, 4.69) is 0 Å². The number of ketones is 1. The number of aliphatic hydroxyl groups excluding tert-OH is 1. The highest BCUT2D eigenvalue weighted by Gasteiger charge is 2.16. The van der Waals surface area contributed by atoms with Crippen LogP contribution < -0.4 is 0 Å². The smallest absolute Gasteiger partial charge is 0.152 e. The first kappa shape index (κ1) is 11.5. The minimum atomic E-state index is -0.714. The molecule has 0 bridgehead atoms. The number of benzene rings is 1. The molecule has 0 amide bonds. The molecule has 0 aliphatic rings. The molecule has 0 fully saturated rings. The van der Waals surface area contributed by atoms with Crippen LogP contribution in [0, 0.1) is 0 Å². The van der Waals surface area contributed by atoms with Crippen molar-refractivity contribution in [2.45, 2.75) is 18.9 Å². The fourth-order valence-corrected chi connectivity index (χ4v) is 1.59. The molecule has 1 atom stereocenters. The van der Waals surface area contributed by atoms with E-state index in [1.165, 1.54) is 6.92 Å². The minimum Gasteiger partial charge on any atom is -0.392 e. The summed E-state index contributed by atoms with van der Waals surface area (Å²) in [7, 11) is 0. The number of hydrogen-bond acceptors (Lipinski definition) is 2. The van der Waals surface area contributed by atoms with Crippen LogP contribution in [0.5, 0.6) is 0 Å².